The topological polar surface area (TPSA) is 32.6 Å². The molecule has 1 N–H and O–H groups in total. The van der Waals surface area contributed by atoms with Gasteiger partial charge in [-0.25, -0.2) is 4.98 Å². The van der Waals surface area contributed by atoms with Crippen molar-refractivity contribution in [2.45, 2.75) is 37.8 Å². The van der Waals surface area contributed by atoms with Crippen molar-refractivity contribution in [2.24, 2.45) is 0 Å². The number of imidazole rings is 1. The van der Waals surface area contributed by atoms with Crippen molar-refractivity contribution in [1.29, 1.82) is 0 Å². The number of hydrogen-bond acceptors (Lipinski definition) is 4. The average Bonchev–Trinajstić information content (AvgIpc) is 3.03. The van der Waals surface area contributed by atoms with E-state index in [1.807, 2.05) is 0 Å². The number of nitrogens with one attached hydrogen (secondary N) is 1. The first-order valence-electron chi connectivity index (χ1n) is 6.99. The minimum absolute atomic E-state index is 0.358. The Morgan fingerprint density at radius 3 is 2.89 bits per heavy atom. The third kappa shape index (κ3) is 2.55. The van der Waals surface area contributed by atoms with Crippen LogP contribution >= 0.6 is 11.3 Å². The van der Waals surface area contributed by atoms with Gasteiger partial charge in [0.2, 0.25) is 0 Å². The second-order valence-electron chi connectivity index (χ2n) is 5.75. The van der Waals surface area contributed by atoms with Gasteiger partial charge in [0.15, 0.2) is 4.96 Å². The van der Waals surface area contributed by atoms with E-state index in [0.717, 1.165) is 23.7 Å². The van der Waals surface area contributed by atoms with Gasteiger partial charge in [-0.1, -0.05) is 12.8 Å². The minimum Gasteiger partial charge on any atom is -0.309 e. The van der Waals surface area contributed by atoms with Crippen LogP contribution in [0.3, 0.4) is 0 Å². The lowest BCUT2D eigenvalue weighted by atomic mass is 9.96. The Balaban J connectivity index is 1.58. The molecule has 0 radical (unpaired) electrons. The first-order valence-corrected chi connectivity index (χ1v) is 7.87. The van der Waals surface area contributed by atoms with Gasteiger partial charge in [0, 0.05) is 36.4 Å². The quantitative estimate of drug-likeness (QED) is 0.911. The molecule has 2 aromatic heterocycles. The van der Waals surface area contributed by atoms with Crippen LogP contribution in [0.1, 0.15) is 31.4 Å². The van der Waals surface area contributed by atoms with E-state index in [4.69, 9.17) is 0 Å². The van der Waals surface area contributed by atoms with Crippen molar-refractivity contribution in [3.05, 3.63) is 23.5 Å². The molecule has 0 amide bonds. The molecule has 0 bridgehead atoms. The molecule has 0 saturated heterocycles. The molecule has 0 unspecified atom stereocenters. The maximum absolute atomic E-state index is 4.61. The summed E-state index contributed by atoms with van der Waals surface area (Å²) in [5.41, 5.74) is 1.50. The van der Waals surface area contributed by atoms with Gasteiger partial charge in [-0.15, -0.1) is 11.3 Å². The molecule has 0 aliphatic heterocycles. The van der Waals surface area contributed by atoms with E-state index in [9.17, 15) is 0 Å². The molecule has 4 nitrogen and oxygen atoms in total. The SMILES string of the molecule is CN(C)C1(CNCc2cn3ccsc3n2)CCCC1. The van der Waals surface area contributed by atoms with Gasteiger partial charge in [-0.05, 0) is 26.9 Å². The Labute approximate surface area is 118 Å². The maximum atomic E-state index is 4.61. The predicted molar refractivity (Wildman–Crippen MR) is 79.7 cm³/mol. The first kappa shape index (κ1) is 13.1. The standard InChI is InChI=1S/C14H22N4S/c1-17(2)14(5-3-4-6-14)11-15-9-12-10-18-7-8-19-13(18)16-12/h7-8,10,15H,3-6,9,11H2,1-2H3. The number of thiazole rings is 1. The number of likely N-dealkylation sites (N-methyl/N-ethyl adjacent to an activating group) is 1. The van der Waals surface area contributed by atoms with Gasteiger partial charge < -0.3 is 10.2 Å². The van der Waals surface area contributed by atoms with Crippen molar-refractivity contribution in [3.8, 4) is 0 Å². The highest BCUT2D eigenvalue weighted by atomic mass is 32.1. The smallest absolute Gasteiger partial charge is 0.193 e. The molecule has 1 aliphatic rings. The Morgan fingerprint density at radius 2 is 2.21 bits per heavy atom. The molecule has 1 saturated carbocycles. The largest absolute Gasteiger partial charge is 0.309 e. The summed E-state index contributed by atoms with van der Waals surface area (Å²) < 4.78 is 2.10. The van der Waals surface area contributed by atoms with Crippen LogP contribution < -0.4 is 5.32 Å². The van der Waals surface area contributed by atoms with Crippen LogP contribution in [-0.2, 0) is 6.54 Å². The van der Waals surface area contributed by atoms with Crippen molar-refractivity contribution < 1.29 is 0 Å². The molecule has 2 heterocycles. The molecule has 1 aliphatic carbocycles. The zero-order valence-corrected chi connectivity index (χ0v) is 12.5. The van der Waals surface area contributed by atoms with Gasteiger partial charge in [-0.3, -0.25) is 4.40 Å². The number of rotatable bonds is 5. The fourth-order valence-electron chi connectivity index (χ4n) is 3.10. The Kier molecular flexibility index (Phi) is 3.60. The second-order valence-corrected chi connectivity index (χ2v) is 6.63. The minimum atomic E-state index is 0.358. The highest BCUT2D eigenvalue weighted by molar-refractivity contribution is 7.15. The summed E-state index contributed by atoms with van der Waals surface area (Å²) in [6.45, 7) is 1.93. The van der Waals surface area contributed by atoms with Gasteiger partial charge in [-0.2, -0.15) is 0 Å². The van der Waals surface area contributed by atoms with Crippen LogP contribution in [0.15, 0.2) is 17.8 Å². The Morgan fingerprint density at radius 1 is 1.42 bits per heavy atom. The van der Waals surface area contributed by atoms with Crippen LogP contribution in [-0.4, -0.2) is 40.5 Å². The van der Waals surface area contributed by atoms with Crippen LogP contribution in [0, 0.1) is 0 Å². The van der Waals surface area contributed by atoms with Gasteiger partial charge in [0.25, 0.3) is 0 Å². The number of nitrogens with zero attached hydrogens (tertiary/aromatic N) is 3. The normalized spacial score (nSPS) is 18.7. The molecule has 104 valence electrons. The van der Waals surface area contributed by atoms with E-state index >= 15 is 0 Å². The molecule has 2 aromatic rings. The van der Waals surface area contributed by atoms with E-state index in [1.165, 1.54) is 25.7 Å². The number of fused-ring (bicyclic) bond motifs is 1. The fourth-order valence-corrected chi connectivity index (χ4v) is 3.82. The van der Waals surface area contributed by atoms with E-state index in [-0.39, 0.29) is 0 Å². The van der Waals surface area contributed by atoms with E-state index in [2.05, 4.69) is 51.5 Å². The molecular formula is C14H22N4S. The van der Waals surface area contributed by atoms with Crippen LogP contribution in [0.5, 0.6) is 0 Å². The summed E-state index contributed by atoms with van der Waals surface area (Å²) in [4.78, 5) is 8.09. The van der Waals surface area contributed by atoms with Crippen molar-refractivity contribution in [3.63, 3.8) is 0 Å². The summed E-state index contributed by atoms with van der Waals surface area (Å²) in [6.07, 6.45) is 9.53. The molecule has 0 spiro atoms. The zero-order valence-electron chi connectivity index (χ0n) is 11.7. The van der Waals surface area contributed by atoms with Crippen molar-refractivity contribution in [2.75, 3.05) is 20.6 Å². The molecule has 5 heteroatoms. The molecule has 1 fully saturated rings. The molecule has 0 aromatic carbocycles. The van der Waals surface area contributed by atoms with E-state index in [0.29, 0.717) is 5.54 Å². The Bertz CT molecular complexity index is 508. The van der Waals surface area contributed by atoms with Crippen molar-refractivity contribution in [1.82, 2.24) is 19.6 Å². The van der Waals surface area contributed by atoms with Gasteiger partial charge >= 0.3 is 0 Å². The average molecular weight is 278 g/mol. The highest BCUT2D eigenvalue weighted by Crippen LogP contribution is 2.33. The summed E-state index contributed by atoms with van der Waals surface area (Å²) in [7, 11) is 4.42. The second kappa shape index (κ2) is 5.23. The van der Waals surface area contributed by atoms with Crippen molar-refractivity contribution >= 4 is 16.3 Å². The fraction of sp³-hybridized carbons (Fsp3) is 0.643. The molecule has 3 rings (SSSR count). The lowest BCUT2D eigenvalue weighted by Gasteiger charge is -2.36. The molecule has 0 atom stereocenters. The summed E-state index contributed by atoms with van der Waals surface area (Å²) in [6, 6.07) is 0. The van der Waals surface area contributed by atoms with E-state index < -0.39 is 0 Å². The van der Waals surface area contributed by atoms with Crippen LogP contribution in [0.25, 0.3) is 4.96 Å². The Hall–Kier alpha value is -0.910. The highest BCUT2D eigenvalue weighted by Gasteiger charge is 2.35. The number of hydrogen-bond donors (Lipinski definition) is 1. The lowest BCUT2D eigenvalue weighted by Crippen LogP contribution is -2.49. The van der Waals surface area contributed by atoms with Gasteiger partial charge in [0.1, 0.15) is 0 Å². The monoisotopic (exact) mass is 278 g/mol. The zero-order chi connectivity index (χ0) is 13.3. The first-order chi connectivity index (χ1) is 9.20. The molecular weight excluding hydrogens is 256 g/mol. The third-order valence-electron chi connectivity index (χ3n) is 4.39. The third-order valence-corrected chi connectivity index (χ3v) is 5.16. The molecule has 19 heavy (non-hydrogen) atoms. The number of aromatic nitrogens is 2. The van der Waals surface area contributed by atoms with Gasteiger partial charge in [0.05, 0.1) is 5.69 Å². The van der Waals surface area contributed by atoms with Crippen LogP contribution in [0.4, 0.5) is 0 Å². The predicted octanol–water partition coefficient (Wildman–Crippen LogP) is 2.36. The van der Waals surface area contributed by atoms with E-state index in [1.54, 1.807) is 11.3 Å². The summed E-state index contributed by atoms with van der Waals surface area (Å²) in [5.74, 6) is 0. The van der Waals surface area contributed by atoms with Crippen LogP contribution in [0.2, 0.25) is 0 Å². The lowest BCUT2D eigenvalue weighted by molar-refractivity contribution is 0.153. The summed E-state index contributed by atoms with van der Waals surface area (Å²) >= 11 is 1.69. The maximum Gasteiger partial charge on any atom is 0.193 e. The summed E-state index contributed by atoms with van der Waals surface area (Å²) in [5, 5.41) is 5.67.